The molecule has 1 aromatic heterocycles. The maximum absolute atomic E-state index is 12.7. The van der Waals surface area contributed by atoms with Crippen LogP contribution in [0.5, 0.6) is 0 Å². The van der Waals surface area contributed by atoms with E-state index in [1.165, 1.54) is 6.42 Å². The van der Waals surface area contributed by atoms with E-state index in [1.54, 1.807) is 12.5 Å². The smallest absolute Gasteiger partial charge is 0.253 e. The van der Waals surface area contributed by atoms with Gasteiger partial charge in [0, 0.05) is 30.1 Å². The fraction of sp³-hybridized carbons (Fsp3) is 0.412. The number of hydrogen-bond donors (Lipinski definition) is 2. The average molecular weight is 296 g/mol. The zero-order chi connectivity index (χ0) is 15.2. The molecule has 2 aliphatic rings. The number of carbonyl (C=O) groups is 1. The van der Waals surface area contributed by atoms with Crippen LogP contribution in [0.4, 0.5) is 0 Å². The van der Waals surface area contributed by atoms with Crippen molar-refractivity contribution >= 4 is 5.91 Å². The Balaban J connectivity index is 1.51. The van der Waals surface area contributed by atoms with Gasteiger partial charge in [0.15, 0.2) is 0 Å². The van der Waals surface area contributed by atoms with Gasteiger partial charge in [-0.25, -0.2) is 4.98 Å². The fourth-order valence-electron chi connectivity index (χ4n) is 3.70. The van der Waals surface area contributed by atoms with Crippen LogP contribution in [0.25, 0.3) is 11.3 Å². The van der Waals surface area contributed by atoms with Crippen molar-refractivity contribution in [3.63, 3.8) is 0 Å². The predicted octanol–water partition coefficient (Wildman–Crippen LogP) is 2.03. The van der Waals surface area contributed by atoms with Crippen LogP contribution in [0.1, 0.15) is 29.6 Å². The van der Waals surface area contributed by atoms with E-state index in [2.05, 4.69) is 9.97 Å². The Kier molecular flexibility index (Phi) is 3.04. The van der Waals surface area contributed by atoms with Crippen LogP contribution in [-0.2, 0) is 0 Å². The monoisotopic (exact) mass is 296 g/mol. The number of aromatic amines is 1. The highest BCUT2D eigenvalue weighted by Gasteiger charge is 2.49. The molecule has 2 heterocycles. The summed E-state index contributed by atoms with van der Waals surface area (Å²) >= 11 is 0. The molecular formula is C17H20N4O. The van der Waals surface area contributed by atoms with Crippen LogP contribution in [0.15, 0.2) is 36.8 Å². The summed E-state index contributed by atoms with van der Waals surface area (Å²) in [6.45, 7) is 1.50. The lowest BCUT2D eigenvalue weighted by Crippen LogP contribution is -2.45. The molecule has 1 spiro atoms. The Hall–Kier alpha value is -2.14. The fourth-order valence-corrected chi connectivity index (χ4v) is 3.70. The summed E-state index contributed by atoms with van der Waals surface area (Å²) < 4.78 is 0. The topological polar surface area (TPSA) is 75.0 Å². The number of amides is 1. The normalized spacial score (nSPS) is 22.8. The number of rotatable bonds is 2. The highest BCUT2D eigenvalue weighted by molar-refractivity contribution is 5.95. The van der Waals surface area contributed by atoms with Crippen LogP contribution >= 0.6 is 0 Å². The number of hydrogen-bond acceptors (Lipinski definition) is 3. The molecule has 1 atom stereocenters. The zero-order valence-electron chi connectivity index (χ0n) is 12.5. The number of H-pyrrole nitrogens is 1. The van der Waals surface area contributed by atoms with Gasteiger partial charge < -0.3 is 15.6 Å². The molecule has 1 saturated heterocycles. The highest BCUT2D eigenvalue weighted by atomic mass is 16.2. The van der Waals surface area contributed by atoms with Gasteiger partial charge in [0.1, 0.15) is 0 Å². The number of imidazole rings is 1. The number of nitrogens with one attached hydrogen (secondary N) is 1. The standard InChI is InChI=1S/C17H20N4O/c18-15-9-21(10-17(15)6-1-7-17)16(22)13-4-2-12(3-5-13)14-8-19-11-20-14/h2-5,8,11,15H,1,6-7,9-10,18H2,(H,19,20). The number of likely N-dealkylation sites (tertiary alicyclic amines) is 1. The van der Waals surface area contributed by atoms with E-state index in [0.29, 0.717) is 6.54 Å². The zero-order valence-corrected chi connectivity index (χ0v) is 12.5. The summed E-state index contributed by atoms with van der Waals surface area (Å²) in [7, 11) is 0. The van der Waals surface area contributed by atoms with Crippen molar-refractivity contribution < 1.29 is 4.79 Å². The molecule has 1 saturated carbocycles. The first kappa shape index (κ1) is 13.5. The molecule has 2 fully saturated rings. The summed E-state index contributed by atoms with van der Waals surface area (Å²) in [5, 5.41) is 0. The van der Waals surface area contributed by atoms with E-state index in [1.807, 2.05) is 29.2 Å². The quantitative estimate of drug-likeness (QED) is 0.890. The molecule has 5 nitrogen and oxygen atoms in total. The van der Waals surface area contributed by atoms with Crippen LogP contribution < -0.4 is 5.73 Å². The van der Waals surface area contributed by atoms with Gasteiger partial charge in [0.25, 0.3) is 5.91 Å². The molecule has 1 aliphatic heterocycles. The molecule has 3 N–H and O–H groups in total. The van der Waals surface area contributed by atoms with E-state index in [9.17, 15) is 4.79 Å². The minimum absolute atomic E-state index is 0.0929. The first-order valence-electron chi connectivity index (χ1n) is 7.82. The highest BCUT2D eigenvalue weighted by Crippen LogP contribution is 2.47. The third-order valence-electron chi connectivity index (χ3n) is 5.29. The van der Waals surface area contributed by atoms with Crippen molar-refractivity contribution in [2.75, 3.05) is 13.1 Å². The molecule has 0 radical (unpaired) electrons. The number of nitrogens with zero attached hydrogens (tertiary/aromatic N) is 2. The third kappa shape index (κ3) is 2.04. The largest absolute Gasteiger partial charge is 0.345 e. The maximum atomic E-state index is 12.7. The Morgan fingerprint density at radius 1 is 1.32 bits per heavy atom. The summed E-state index contributed by atoms with van der Waals surface area (Å²) in [6, 6.07) is 7.81. The van der Waals surface area contributed by atoms with Gasteiger partial charge in [0.2, 0.25) is 0 Å². The first-order chi connectivity index (χ1) is 10.7. The summed E-state index contributed by atoms with van der Waals surface area (Å²) in [5.74, 6) is 0.0929. The SMILES string of the molecule is NC1CN(C(=O)c2ccc(-c3cnc[nH]3)cc2)CC12CCC2. The minimum Gasteiger partial charge on any atom is -0.345 e. The number of carbonyl (C=O) groups excluding carboxylic acids is 1. The number of aromatic nitrogens is 2. The number of nitrogens with two attached hydrogens (primary N) is 1. The van der Waals surface area contributed by atoms with Crippen molar-refractivity contribution in [3.05, 3.63) is 42.4 Å². The Morgan fingerprint density at radius 3 is 2.64 bits per heavy atom. The van der Waals surface area contributed by atoms with Crippen LogP contribution in [-0.4, -0.2) is 39.9 Å². The molecule has 114 valence electrons. The second kappa shape index (κ2) is 4.95. The van der Waals surface area contributed by atoms with E-state index in [4.69, 9.17) is 5.73 Å². The Morgan fingerprint density at radius 2 is 2.09 bits per heavy atom. The molecule has 4 rings (SSSR count). The number of benzene rings is 1. The van der Waals surface area contributed by atoms with Crippen molar-refractivity contribution in [1.29, 1.82) is 0 Å². The van der Waals surface area contributed by atoms with Crippen LogP contribution in [0, 0.1) is 5.41 Å². The lowest BCUT2D eigenvalue weighted by Gasteiger charge is -2.41. The lowest BCUT2D eigenvalue weighted by atomic mass is 9.66. The van der Waals surface area contributed by atoms with Crippen molar-refractivity contribution in [1.82, 2.24) is 14.9 Å². The first-order valence-corrected chi connectivity index (χ1v) is 7.82. The molecule has 2 aromatic rings. The molecule has 1 unspecified atom stereocenters. The van der Waals surface area contributed by atoms with Crippen molar-refractivity contribution in [3.8, 4) is 11.3 Å². The van der Waals surface area contributed by atoms with Gasteiger partial charge in [-0.3, -0.25) is 4.79 Å². The van der Waals surface area contributed by atoms with Gasteiger partial charge >= 0.3 is 0 Å². The molecule has 1 aliphatic carbocycles. The molecular weight excluding hydrogens is 276 g/mol. The molecule has 0 bridgehead atoms. The minimum atomic E-state index is 0.0929. The van der Waals surface area contributed by atoms with Crippen molar-refractivity contribution in [2.45, 2.75) is 25.3 Å². The van der Waals surface area contributed by atoms with E-state index in [-0.39, 0.29) is 17.4 Å². The second-order valence-corrected chi connectivity index (χ2v) is 6.55. The Bertz CT molecular complexity index is 673. The van der Waals surface area contributed by atoms with E-state index < -0.39 is 0 Å². The van der Waals surface area contributed by atoms with Crippen LogP contribution in [0.2, 0.25) is 0 Å². The van der Waals surface area contributed by atoms with Crippen LogP contribution in [0.3, 0.4) is 0 Å². The third-order valence-corrected chi connectivity index (χ3v) is 5.29. The predicted molar refractivity (Wildman–Crippen MR) is 84.2 cm³/mol. The maximum Gasteiger partial charge on any atom is 0.253 e. The van der Waals surface area contributed by atoms with Gasteiger partial charge in [-0.1, -0.05) is 18.6 Å². The lowest BCUT2D eigenvalue weighted by molar-refractivity contribution is 0.0726. The van der Waals surface area contributed by atoms with Gasteiger partial charge in [-0.15, -0.1) is 0 Å². The van der Waals surface area contributed by atoms with Gasteiger partial charge in [-0.2, -0.15) is 0 Å². The molecule has 1 aromatic carbocycles. The van der Waals surface area contributed by atoms with Gasteiger partial charge in [-0.05, 0) is 30.5 Å². The molecule has 5 heteroatoms. The second-order valence-electron chi connectivity index (χ2n) is 6.55. The summed E-state index contributed by atoms with van der Waals surface area (Å²) in [4.78, 5) is 21.7. The van der Waals surface area contributed by atoms with E-state index in [0.717, 1.165) is 36.2 Å². The summed E-state index contributed by atoms with van der Waals surface area (Å²) in [6.07, 6.45) is 7.00. The van der Waals surface area contributed by atoms with E-state index >= 15 is 0 Å². The molecule has 22 heavy (non-hydrogen) atoms. The Labute approximate surface area is 129 Å². The van der Waals surface area contributed by atoms with Gasteiger partial charge in [0.05, 0.1) is 18.2 Å². The average Bonchev–Trinajstić information content (AvgIpc) is 3.13. The molecule has 1 amide bonds. The van der Waals surface area contributed by atoms with Crippen molar-refractivity contribution in [2.24, 2.45) is 11.1 Å². The summed E-state index contributed by atoms with van der Waals surface area (Å²) in [5.41, 5.74) is 9.18.